The van der Waals surface area contributed by atoms with E-state index in [2.05, 4.69) is 21.5 Å². The highest BCUT2D eigenvalue weighted by molar-refractivity contribution is 5.71. The molecule has 3 unspecified atom stereocenters. The van der Waals surface area contributed by atoms with Gasteiger partial charge in [-0.25, -0.2) is 4.98 Å². The van der Waals surface area contributed by atoms with Gasteiger partial charge in [-0.05, 0) is 11.5 Å². The van der Waals surface area contributed by atoms with Crippen LogP contribution in [0.4, 0.5) is 5.95 Å². The maximum absolute atomic E-state index is 12.2. The predicted molar refractivity (Wildman–Crippen MR) is 131 cm³/mol. The Morgan fingerprint density at radius 3 is 2.43 bits per heavy atom. The molecule has 2 heterocycles. The summed E-state index contributed by atoms with van der Waals surface area (Å²) < 4.78 is 12.6. The van der Waals surface area contributed by atoms with Gasteiger partial charge in [-0.15, -0.1) is 0 Å². The number of carbonyl (C=O) groups excluding carboxylic acids is 2. The quantitative estimate of drug-likeness (QED) is 0.404. The van der Waals surface area contributed by atoms with Crippen molar-refractivity contribution in [2.24, 2.45) is 11.8 Å². The Labute approximate surface area is 203 Å². The van der Waals surface area contributed by atoms with E-state index in [-0.39, 0.29) is 48.3 Å². The van der Waals surface area contributed by atoms with E-state index >= 15 is 0 Å². The van der Waals surface area contributed by atoms with Gasteiger partial charge in [0.1, 0.15) is 12.7 Å². The van der Waals surface area contributed by atoms with Crippen molar-refractivity contribution in [3.05, 3.63) is 65.2 Å². The van der Waals surface area contributed by atoms with Crippen molar-refractivity contribution in [2.45, 2.75) is 45.8 Å². The molecular weight excluding hydrogens is 450 g/mol. The van der Waals surface area contributed by atoms with E-state index in [4.69, 9.17) is 15.2 Å². The number of benzene rings is 1. The first kappa shape index (κ1) is 25.7. The number of imidazole rings is 1. The maximum Gasteiger partial charge on any atom is 0.306 e. The van der Waals surface area contributed by atoms with Crippen LogP contribution in [0.5, 0.6) is 0 Å². The Balaban J connectivity index is 0.000000497. The Kier molecular flexibility index (Phi) is 8.40. The van der Waals surface area contributed by atoms with E-state index in [1.807, 2.05) is 50.2 Å². The van der Waals surface area contributed by atoms with Crippen molar-refractivity contribution in [3.63, 3.8) is 0 Å². The average Bonchev–Trinajstić information content (AvgIpc) is 3.34. The zero-order valence-electron chi connectivity index (χ0n) is 20.1. The number of esters is 2. The Morgan fingerprint density at radius 1 is 1.23 bits per heavy atom. The number of rotatable bonds is 6. The van der Waals surface area contributed by atoms with Gasteiger partial charge in [-0.1, -0.05) is 56.8 Å². The fourth-order valence-corrected chi connectivity index (χ4v) is 3.97. The van der Waals surface area contributed by atoms with Crippen molar-refractivity contribution in [2.75, 3.05) is 12.3 Å². The maximum atomic E-state index is 12.2. The molecule has 0 aliphatic heterocycles. The van der Waals surface area contributed by atoms with Crippen LogP contribution < -0.4 is 11.3 Å². The number of fused-ring (bicyclic) bond motifs is 1. The molecule has 0 radical (unpaired) electrons. The second kappa shape index (κ2) is 11.5. The van der Waals surface area contributed by atoms with Gasteiger partial charge in [0.25, 0.3) is 5.56 Å². The average molecular weight is 482 g/mol. The van der Waals surface area contributed by atoms with Crippen LogP contribution >= 0.6 is 0 Å². The summed E-state index contributed by atoms with van der Waals surface area (Å²) in [6, 6.07) is 11.7. The van der Waals surface area contributed by atoms with Crippen LogP contribution in [0.25, 0.3) is 11.2 Å². The number of anilines is 1. The molecule has 0 spiro atoms. The van der Waals surface area contributed by atoms with Gasteiger partial charge in [0, 0.05) is 19.8 Å². The van der Waals surface area contributed by atoms with E-state index in [0.29, 0.717) is 17.6 Å². The van der Waals surface area contributed by atoms with Crippen molar-refractivity contribution in [1.82, 2.24) is 19.5 Å². The van der Waals surface area contributed by atoms with E-state index in [1.165, 1.54) is 13.3 Å². The standard InChI is InChI=1S/C19H25N5O5.C6H6/c1-9(2)5-15(26)29-14-6-13(10(3)12(14)7-28-11(4)25)24-8-21-16-17(24)22-19(20)23-18(16)27;1-2-4-6-5-3-1/h8-9,12-14H,3,5-7H2,1-2,4H3,(H3,20,22,23,27);1-6H. The molecule has 0 saturated heterocycles. The van der Waals surface area contributed by atoms with Crippen LogP contribution in [-0.4, -0.2) is 44.2 Å². The zero-order valence-corrected chi connectivity index (χ0v) is 20.1. The minimum atomic E-state index is -0.519. The van der Waals surface area contributed by atoms with Gasteiger partial charge in [0.2, 0.25) is 5.95 Å². The highest BCUT2D eigenvalue weighted by Crippen LogP contribution is 2.42. The van der Waals surface area contributed by atoms with Crippen molar-refractivity contribution in [1.29, 1.82) is 0 Å². The van der Waals surface area contributed by atoms with E-state index in [0.717, 1.165) is 0 Å². The Morgan fingerprint density at radius 2 is 1.86 bits per heavy atom. The van der Waals surface area contributed by atoms with Crippen LogP contribution in [0, 0.1) is 11.8 Å². The number of nitrogens with one attached hydrogen (secondary N) is 1. The summed E-state index contributed by atoms with van der Waals surface area (Å²) in [6.45, 7) is 9.37. The molecule has 186 valence electrons. The first-order chi connectivity index (χ1) is 16.7. The normalized spacial score (nSPS) is 19.3. The molecule has 0 bridgehead atoms. The summed E-state index contributed by atoms with van der Waals surface area (Å²) in [5.74, 6) is -0.990. The summed E-state index contributed by atoms with van der Waals surface area (Å²) in [5, 5.41) is 0. The monoisotopic (exact) mass is 481 g/mol. The van der Waals surface area contributed by atoms with Crippen LogP contribution in [0.1, 0.15) is 39.7 Å². The molecule has 2 aromatic heterocycles. The van der Waals surface area contributed by atoms with Crippen LogP contribution in [0.3, 0.4) is 0 Å². The second-order valence-corrected chi connectivity index (χ2v) is 8.79. The van der Waals surface area contributed by atoms with Gasteiger partial charge in [-0.3, -0.25) is 19.4 Å². The third-order valence-corrected chi connectivity index (χ3v) is 5.59. The fraction of sp³-hybridized carbons (Fsp3) is 0.400. The summed E-state index contributed by atoms with van der Waals surface area (Å²) in [4.78, 5) is 46.3. The molecule has 1 fully saturated rings. The molecule has 35 heavy (non-hydrogen) atoms. The number of nitrogen functional groups attached to an aromatic ring is 1. The van der Waals surface area contributed by atoms with E-state index in [1.54, 1.807) is 4.57 Å². The van der Waals surface area contributed by atoms with Gasteiger partial charge in [0.05, 0.1) is 18.3 Å². The van der Waals surface area contributed by atoms with E-state index in [9.17, 15) is 14.4 Å². The zero-order chi connectivity index (χ0) is 25.5. The minimum absolute atomic E-state index is 0.0239. The first-order valence-corrected chi connectivity index (χ1v) is 11.4. The van der Waals surface area contributed by atoms with Gasteiger partial charge < -0.3 is 19.8 Å². The lowest BCUT2D eigenvalue weighted by atomic mass is 10.0. The lowest BCUT2D eigenvalue weighted by Gasteiger charge is -2.20. The lowest BCUT2D eigenvalue weighted by Crippen LogP contribution is -2.27. The molecule has 3 atom stereocenters. The van der Waals surface area contributed by atoms with Crippen LogP contribution in [-0.2, 0) is 19.1 Å². The second-order valence-electron chi connectivity index (χ2n) is 8.79. The number of ether oxygens (including phenoxy) is 2. The summed E-state index contributed by atoms with van der Waals surface area (Å²) >= 11 is 0. The Hall–Kier alpha value is -3.95. The third kappa shape index (κ3) is 6.56. The van der Waals surface area contributed by atoms with Crippen LogP contribution in [0.2, 0.25) is 0 Å². The highest BCUT2D eigenvalue weighted by Gasteiger charge is 2.42. The number of H-pyrrole nitrogens is 1. The molecular formula is C25H31N5O5. The summed E-state index contributed by atoms with van der Waals surface area (Å²) in [7, 11) is 0. The first-order valence-electron chi connectivity index (χ1n) is 11.4. The topological polar surface area (TPSA) is 142 Å². The molecule has 10 nitrogen and oxygen atoms in total. The molecule has 10 heteroatoms. The molecule has 1 aliphatic rings. The molecule has 1 aromatic carbocycles. The summed E-state index contributed by atoms with van der Waals surface area (Å²) in [6.07, 6.45) is 1.66. The van der Waals surface area contributed by atoms with E-state index < -0.39 is 17.6 Å². The van der Waals surface area contributed by atoms with Crippen molar-refractivity contribution in [3.8, 4) is 0 Å². The number of hydrogen-bond acceptors (Lipinski definition) is 8. The number of aromatic nitrogens is 4. The third-order valence-electron chi connectivity index (χ3n) is 5.59. The molecule has 1 aliphatic carbocycles. The predicted octanol–water partition coefficient (Wildman–Crippen LogP) is 3.03. The van der Waals surface area contributed by atoms with Gasteiger partial charge >= 0.3 is 11.9 Å². The number of hydrogen-bond donors (Lipinski definition) is 2. The minimum Gasteiger partial charge on any atom is -0.465 e. The fourth-order valence-electron chi connectivity index (χ4n) is 3.97. The van der Waals surface area contributed by atoms with Crippen LogP contribution in [0.15, 0.2) is 59.7 Å². The summed E-state index contributed by atoms with van der Waals surface area (Å²) in [5.41, 5.74) is 6.41. The molecule has 3 aromatic rings. The largest absolute Gasteiger partial charge is 0.465 e. The van der Waals surface area contributed by atoms with Crippen molar-refractivity contribution < 1.29 is 19.1 Å². The smallest absolute Gasteiger partial charge is 0.306 e. The van der Waals surface area contributed by atoms with Gasteiger partial charge in [0.15, 0.2) is 11.2 Å². The molecule has 3 N–H and O–H groups in total. The van der Waals surface area contributed by atoms with Crippen molar-refractivity contribution >= 4 is 29.1 Å². The SMILES string of the molecule is C=C1C(COC(C)=O)C(OC(=O)CC(C)C)CC1n1cnc2c(=O)[nH]c(N)nc21.c1ccccc1. The molecule has 1 saturated carbocycles. The number of nitrogens with zero attached hydrogens (tertiary/aromatic N) is 3. The van der Waals surface area contributed by atoms with Gasteiger partial charge in [-0.2, -0.15) is 4.98 Å². The number of aromatic amines is 1. The number of nitrogens with two attached hydrogens (primary N) is 1. The molecule has 4 rings (SSSR count). The highest BCUT2D eigenvalue weighted by atomic mass is 16.6. The Bertz CT molecular complexity index is 1210. The molecule has 0 amide bonds. The lowest BCUT2D eigenvalue weighted by molar-refractivity contribution is -0.153. The number of carbonyl (C=O) groups is 2.